The molecule has 0 radical (unpaired) electrons. The lowest BCUT2D eigenvalue weighted by Gasteiger charge is -2.54. The number of nitrogens with zero attached hydrogens (tertiary/aromatic N) is 2. The molecule has 1 aliphatic carbocycles. The normalized spacial score (nSPS) is 18.2. The van der Waals surface area contributed by atoms with E-state index < -0.39 is 11.6 Å². The van der Waals surface area contributed by atoms with Crippen LogP contribution < -0.4 is 10.2 Å². The van der Waals surface area contributed by atoms with Gasteiger partial charge in [-0.15, -0.1) is 0 Å². The molecular weight excluding hydrogens is 403 g/mol. The summed E-state index contributed by atoms with van der Waals surface area (Å²) >= 11 is 0. The molecule has 0 atom stereocenters. The Morgan fingerprint density at radius 2 is 1.77 bits per heavy atom. The highest BCUT2D eigenvalue weighted by atomic mass is 19.2. The molecule has 5 rings (SSSR count). The molecule has 2 fully saturated rings. The topological polar surface area (TPSA) is 45.2 Å². The van der Waals surface area contributed by atoms with E-state index in [1.165, 1.54) is 18.2 Å². The lowest BCUT2D eigenvalue weighted by Crippen LogP contribution is -2.58. The van der Waals surface area contributed by atoms with E-state index in [1.54, 1.807) is 12.3 Å². The minimum Gasteiger partial charge on any atom is -0.370 e. The highest BCUT2D eigenvalue weighted by Gasteiger charge is 2.46. The molecule has 1 aromatic heterocycles. The van der Waals surface area contributed by atoms with Gasteiger partial charge in [0.15, 0.2) is 11.6 Å². The zero-order chi connectivity index (χ0) is 21.6. The Balaban J connectivity index is 1.21. The third kappa shape index (κ3) is 3.73. The van der Waals surface area contributed by atoms with Gasteiger partial charge in [0.2, 0.25) is 5.91 Å². The molecular formula is C24H22F3N3O. The molecule has 1 amide bonds. The fourth-order valence-corrected chi connectivity index (χ4v) is 4.94. The first-order valence-corrected chi connectivity index (χ1v) is 10.5. The van der Waals surface area contributed by atoms with E-state index in [2.05, 4.69) is 15.2 Å². The number of pyridine rings is 1. The van der Waals surface area contributed by atoms with Gasteiger partial charge in [-0.05, 0) is 62.1 Å². The number of nitrogens with one attached hydrogen (secondary N) is 1. The zero-order valence-corrected chi connectivity index (χ0v) is 16.9. The highest BCUT2D eigenvalue weighted by Crippen LogP contribution is 2.48. The van der Waals surface area contributed by atoms with Gasteiger partial charge in [0.25, 0.3) is 0 Å². The van der Waals surface area contributed by atoms with Crippen molar-refractivity contribution in [2.45, 2.75) is 25.7 Å². The number of rotatable bonds is 3. The van der Waals surface area contributed by atoms with E-state index in [0.29, 0.717) is 0 Å². The largest absolute Gasteiger partial charge is 0.370 e. The summed E-state index contributed by atoms with van der Waals surface area (Å²) < 4.78 is 40.2. The van der Waals surface area contributed by atoms with Crippen LogP contribution >= 0.6 is 0 Å². The molecule has 2 heterocycles. The minimum atomic E-state index is -0.974. The van der Waals surface area contributed by atoms with Crippen molar-refractivity contribution in [1.82, 2.24) is 4.98 Å². The second kappa shape index (κ2) is 7.55. The van der Waals surface area contributed by atoms with Crippen molar-refractivity contribution in [2.24, 2.45) is 11.3 Å². The number of aromatic nitrogens is 1. The number of fused-ring (bicyclic) bond motifs is 1. The molecule has 4 nitrogen and oxygen atoms in total. The first kappa shape index (κ1) is 19.8. The molecule has 1 saturated heterocycles. The van der Waals surface area contributed by atoms with E-state index in [-0.39, 0.29) is 28.7 Å². The number of hydrogen-bond donors (Lipinski definition) is 1. The first-order valence-electron chi connectivity index (χ1n) is 10.5. The Hall–Kier alpha value is -3.09. The number of anilines is 2. The van der Waals surface area contributed by atoms with E-state index in [1.807, 2.05) is 6.07 Å². The summed E-state index contributed by atoms with van der Waals surface area (Å²) in [4.78, 5) is 19.1. The van der Waals surface area contributed by atoms with Crippen LogP contribution in [0.15, 0.2) is 48.7 Å². The van der Waals surface area contributed by atoms with Gasteiger partial charge in [-0.1, -0.05) is 0 Å². The van der Waals surface area contributed by atoms with Crippen molar-refractivity contribution in [3.05, 3.63) is 66.1 Å². The molecule has 2 aromatic carbocycles. The predicted octanol–water partition coefficient (Wildman–Crippen LogP) is 5.29. The van der Waals surface area contributed by atoms with Gasteiger partial charge in [0.1, 0.15) is 5.82 Å². The molecule has 3 aromatic rings. The lowest BCUT2D eigenvalue weighted by atomic mass is 9.65. The monoisotopic (exact) mass is 425 g/mol. The third-order valence-electron chi connectivity index (χ3n) is 6.68. The van der Waals surface area contributed by atoms with Gasteiger partial charge in [0.05, 0.1) is 5.52 Å². The average Bonchev–Trinajstić information content (AvgIpc) is 2.74. The maximum absolute atomic E-state index is 13.7. The summed E-state index contributed by atoms with van der Waals surface area (Å²) in [5, 5.41) is 3.52. The second-order valence-corrected chi connectivity index (χ2v) is 8.74. The van der Waals surface area contributed by atoms with Crippen molar-refractivity contribution in [3.8, 4) is 0 Å². The van der Waals surface area contributed by atoms with Gasteiger partial charge in [-0.25, -0.2) is 13.2 Å². The Labute approximate surface area is 178 Å². The summed E-state index contributed by atoms with van der Waals surface area (Å²) in [6.07, 6.45) is 5.12. The second-order valence-electron chi connectivity index (χ2n) is 8.74. The van der Waals surface area contributed by atoms with Crippen molar-refractivity contribution in [3.63, 3.8) is 0 Å². The molecule has 1 saturated carbocycles. The standard InChI is InChI=1S/C24H22F3N3O/c25-16-1-4-21-18(11-16)22(7-10-28-21)30-13-24(14-30)8-5-15(6-9-24)23(31)29-17-2-3-19(26)20(27)12-17/h1-4,7,10-12,15H,5-6,8-9,13-14H2,(H,29,31). The van der Waals surface area contributed by atoms with Crippen molar-refractivity contribution in [2.75, 3.05) is 23.3 Å². The molecule has 0 unspecified atom stereocenters. The SMILES string of the molecule is O=C(Nc1ccc(F)c(F)c1)C1CCC2(CC1)CN(c1ccnc3ccc(F)cc13)C2. The van der Waals surface area contributed by atoms with Crippen molar-refractivity contribution < 1.29 is 18.0 Å². The number of carbonyl (C=O) groups excluding carboxylic acids is 1. The van der Waals surface area contributed by atoms with Crippen molar-refractivity contribution >= 4 is 28.2 Å². The molecule has 1 N–H and O–H groups in total. The summed E-state index contributed by atoms with van der Waals surface area (Å²) in [5.41, 5.74) is 2.21. The van der Waals surface area contributed by atoms with Crippen LogP contribution in [0.2, 0.25) is 0 Å². The maximum atomic E-state index is 13.7. The van der Waals surface area contributed by atoms with Crippen LogP contribution in [0.1, 0.15) is 25.7 Å². The fourth-order valence-electron chi connectivity index (χ4n) is 4.94. The van der Waals surface area contributed by atoms with Crippen LogP contribution in [-0.2, 0) is 4.79 Å². The Morgan fingerprint density at radius 1 is 1.00 bits per heavy atom. The van der Waals surface area contributed by atoms with Gasteiger partial charge in [-0.3, -0.25) is 9.78 Å². The van der Waals surface area contributed by atoms with Crippen LogP contribution in [0.4, 0.5) is 24.5 Å². The molecule has 0 bridgehead atoms. The van der Waals surface area contributed by atoms with Gasteiger partial charge >= 0.3 is 0 Å². The maximum Gasteiger partial charge on any atom is 0.227 e. The molecule has 1 aliphatic heterocycles. The minimum absolute atomic E-state index is 0.136. The molecule has 1 spiro atoms. The molecule has 7 heteroatoms. The number of halogens is 3. The smallest absolute Gasteiger partial charge is 0.227 e. The number of amides is 1. The molecule has 31 heavy (non-hydrogen) atoms. The van der Waals surface area contributed by atoms with Gasteiger partial charge in [-0.2, -0.15) is 0 Å². The zero-order valence-electron chi connectivity index (χ0n) is 16.9. The van der Waals surface area contributed by atoms with Crippen LogP contribution in [0.5, 0.6) is 0 Å². The summed E-state index contributed by atoms with van der Waals surface area (Å²) in [6.45, 7) is 1.75. The summed E-state index contributed by atoms with van der Waals surface area (Å²) in [6, 6.07) is 9.95. The van der Waals surface area contributed by atoms with Gasteiger partial charge in [0, 0.05) is 53.4 Å². The quantitative estimate of drug-likeness (QED) is 0.620. The lowest BCUT2D eigenvalue weighted by molar-refractivity contribution is -0.121. The average molecular weight is 425 g/mol. The van der Waals surface area contributed by atoms with E-state index >= 15 is 0 Å². The van der Waals surface area contributed by atoms with Crippen molar-refractivity contribution in [1.29, 1.82) is 0 Å². The molecule has 2 aliphatic rings. The van der Waals surface area contributed by atoms with Crippen LogP contribution in [0.25, 0.3) is 10.9 Å². The predicted molar refractivity (Wildman–Crippen MR) is 113 cm³/mol. The van der Waals surface area contributed by atoms with Crippen LogP contribution in [-0.4, -0.2) is 24.0 Å². The number of carbonyl (C=O) groups is 1. The Kier molecular flexibility index (Phi) is 4.84. The Bertz CT molecular complexity index is 1150. The van der Waals surface area contributed by atoms with E-state index in [4.69, 9.17) is 0 Å². The van der Waals surface area contributed by atoms with E-state index in [0.717, 1.165) is 67.5 Å². The van der Waals surface area contributed by atoms with Crippen LogP contribution in [0, 0.1) is 28.8 Å². The third-order valence-corrected chi connectivity index (χ3v) is 6.68. The highest BCUT2D eigenvalue weighted by molar-refractivity contribution is 5.93. The summed E-state index contributed by atoms with van der Waals surface area (Å²) in [7, 11) is 0. The van der Waals surface area contributed by atoms with E-state index in [9.17, 15) is 18.0 Å². The van der Waals surface area contributed by atoms with Crippen LogP contribution in [0.3, 0.4) is 0 Å². The number of hydrogen-bond acceptors (Lipinski definition) is 3. The summed E-state index contributed by atoms with van der Waals surface area (Å²) in [5.74, 6) is -2.46. The fraction of sp³-hybridized carbons (Fsp3) is 0.333. The molecule has 160 valence electrons. The first-order chi connectivity index (χ1) is 14.9. The Morgan fingerprint density at radius 3 is 2.52 bits per heavy atom. The number of benzene rings is 2. The van der Waals surface area contributed by atoms with Gasteiger partial charge < -0.3 is 10.2 Å².